The summed E-state index contributed by atoms with van der Waals surface area (Å²) in [6.07, 6.45) is 4.10. The quantitative estimate of drug-likeness (QED) is 0.383. The van der Waals surface area contributed by atoms with Crippen molar-refractivity contribution in [1.82, 2.24) is 4.90 Å². The van der Waals surface area contributed by atoms with Crippen molar-refractivity contribution in [3.05, 3.63) is 105 Å². The highest BCUT2D eigenvalue weighted by atomic mass is 35.5. The summed E-state index contributed by atoms with van der Waals surface area (Å²) < 4.78 is 0. The third-order valence-corrected chi connectivity index (χ3v) is 8.55. The third kappa shape index (κ3) is 4.35. The lowest BCUT2D eigenvalue weighted by Gasteiger charge is -2.48. The van der Waals surface area contributed by atoms with Gasteiger partial charge >= 0.3 is 0 Å². The molecule has 3 aromatic rings. The summed E-state index contributed by atoms with van der Waals surface area (Å²) in [5.41, 5.74) is 8.68. The molecule has 6 heteroatoms. The monoisotopic (exact) mass is 512 g/mol. The van der Waals surface area contributed by atoms with E-state index in [1.54, 1.807) is 0 Å². The standard InChI is InChI=1S/C28H27Cl3N2O/c29-19-11-9-18(10-12-19)15-28(27(32)34)16-20-13-14-21(17-28)33(20)26(22-5-1-3-7-24(22)30)23-6-2-4-8-25(23)31/h1-12,20-21,26H,13-17H2,(H2,32,34)/t20-,21+,28?. The van der Waals surface area contributed by atoms with Crippen LogP contribution in [0.4, 0.5) is 0 Å². The molecule has 2 aliphatic rings. The molecule has 1 unspecified atom stereocenters. The summed E-state index contributed by atoms with van der Waals surface area (Å²) in [6.45, 7) is 0. The number of primary amides is 1. The molecule has 0 radical (unpaired) electrons. The Balaban J connectivity index is 1.53. The molecule has 2 fully saturated rings. The number of nitrogens with zero attached hydrogens (tertiary/aromatic N) is 1. The molecule has 5 rings (SSSR count). The van der Waals surface area contributed by atoms with E-state index in [-0.39, 0.29) is 24.0 Å². The summed E-state index contributed by atoms with van der Waals surface area (Å²) in [5, 5.41) is 2.13. The van der Waals surface area contributed by atoms with Crippen LogP contribution in [-0.2, 0) is 11.2 Å². The predicted molar refractivity (Wildman–Crippen MR) is 139 cm³/mol. The van der Waals surface area contributed by atoms with Crippen LogP contribution in [0.1, 0.15) is 48.4 Å². The fourth-order valence-corrected chi connectivity index (χ4v) is 6.72. The van der Waals surface area contributed by atoms with E-state index in [0.717, 1.165) is 39.6 Å². The van der Waals surface area contributed by atoms with Gasteiger partial charge in [-0.05, 0) is 73.1 Å². The highest BCUT2D eigenvalue weighted by Crippen LogP contribution is 2.52. The van der Waals surface area contributed by atoms with Crippen molar-refractivity contribution in [2.45, 2.75) is 50.2 Å². The first-order chi connectivity index (χ1) is 16.4. The topological polar surface area (TPSA) is 46.3 Å². The molecular weight excluding hydrogens is 487 g/mol. The summed E-state index contributed by atoms with van der Waals surface area (Å²) in [5.74, 6) is -0.217. The van der Waals surface area contributed by atoms with Gasteiger partial charge in [-0.15, -0.1) is 0 Å². The average Bonchev–Trinajstić information content (AvgIpc) is 3.08. The zero-order valence-electron chi connectivity index (χ0n) is 18.8. The predicted octanol–water partition coefficient (Wildman–Crippen LogP) is 7.08. The number of halogens is 3. The van der Waals surface area contributed by atoms with Gasteiger partial charge in [0.1, 0.15) is 0 Å². The van der Waals surface area contributed by atoms with E-state index in [1.165, 1.54) is 0 Å². The lowest BCUT2D eigenvalue weighted by molar-refractivity contribution is -0.133. The molecule has 3 nitrogen and oxygen atoms in total. The number of fused-ring (bicyclic) bond motifs is 2. The highest BCUT2D eigenvalue weighted by molar-refractivity contribution is 6.32. The molecular formula is C28H27Cl3N2O. The molecule has 2 heterocycles. The van der Waals surface area contributed by atoms with Gasteiger partial charge in [0.05, 0.1) is 11.5 Å². The molecule has 3 aromatic carbocycles. The lowest BCUT2D eigenvalue weighted by Crippen LogP contribution is -2.54. The van der Waals surface area contributed by atoms with Crippen molar-refractivity contribution in [2.75, 3.05) is 0 Å². The Morgan fingerprint density at radius 1 is 0.853 bits per heavy atom. The Kier molecular flexibility index (Phi) is 6.65. The number of hydrogen-bond donors (Lipinski definition) is 1. The van der Waals surface area contributed by atoms with Gasteiger partial charge < -0.3 is 5.73 Å². The fourth-order valence-electron chi connectivity index (χ4n) is 6.11. The first kappa shape index (κ1) is 23.7. The number of amides is 1. The van der Waals surface area contributed by atoms with Crippen molar-refractivity contribution < 1.29 is 4.79 Å². The van der Waals surface area contributed by atoms with Gasteiger partial charge in [-0.1, -0.05) is 83.3 Å². The summed E-state index contributed by atoms with van der Waals surface area (Å²) in [6, 6.07) is 24.0. The number of nitrogens with two attached hydrogens (primary N) is 1. The van der Waals surface area contributed by atoms with Gasteiger partial charge in [-0.2, -0.15) is 0 Å². The van der Waals surface area contributed by atoms with Crippen molar-refractivity contribution >= 4 is 40.7 Å². The Morgan fingerprint density at radius 2 is 1.35 bits per heavy atom. The second kappa shape index (κ2) is 9.54. The van der Waals surface area contributed by atoms with E-state index in [9.17, 15) is 4.79 Å². The van der Waals surface area contributed by atoms with E-state index in [4.69, 9.17) is 40.5 Å². The molecule has 0 aliphatic carbocycles. The van der Waals surface area contributed by atoms with Crippen LogP contribution in [0, 0.1) is 5.41 Å². The minimum absolute atomic E-state index is 0.0821. The van der Waals surface area contributed by atoms with Crippen molar-refractivity contribution in [3.8, 4) is 0 Å². The van der Waals surface area contributed by atoms with Gasteiger partial charge in [-0.3, -0.25) is 9.69 Å². The van der Waals surface area contributed by atoms with Crippen LogP contribution in [0.3, 0.4) is 0 Å². The molecule has 2 bridgehead atoms. The van der Waals surface area contributed by atoms with Crippen LogP contribution < -0.4 is 5.73 Å². The lowest BCUT2D eigenvalue weighted by atomic mass is 9.69. The van der Waals surface area contributed by atoms with Gasteiger partial charge in [0.25, 0.3) is 0 Å². The molecule has 176 valence electrons. The van der Waals surface area contributed by atoms with E-state index < -0.39 is 5.41 Å². The van der Waals surface area contributed by atoms with Gasteiger partial charge in [0.2, 0.25) is 5.91 Å². The first-order valence-corrected chi connectivity index (χ1v) is 12.8. The largest absolute Gasteiger partial charge is 0.369 e. The van der Waals surface area contributed by atoms with Crippen LogP contribution >= 0.6 is 34.8 Å². The van der Waals surface area contributed by atoms with Crippen LogP contribution in [0.5, 0.6) is 0 Å². The number of carbonyl (C=O) groups is 1. The molecule has 0 spiro atoms. The fraction of sp³-hybridized carbons (Fsp3) is 0.321. The molecule has 2 saturated heterocycles. The molecule has 0 aromatic heterocycles. The first-order valence-electron chi connectivity index (χ1n) is 11.7. The normalized spacial score (nSPS) is 24.5. The van der Waals surface area contributed by atoms with E-state index in [0.29, 0.717) is 24.3 Å². The Labute approximate surface area is 215 Å². The van der Waals surface area contributed by atoms with Crippen molar-refractivity contribution in [1.29, 1.82) is 0 Å². The van der Waals surface area contributed by atoms with Gasteiger partial charge in [0.15, 0.2) is 0 Å². The number of piperidine rings is 1. The van der Waals surface area contributed by atoms with Crippen LogP contribution in [0.2, 0.25) is 15.1 Å². The second-order valence-electron chi connectivity index (χ2n) is 9.63. The third-order valence-electron chi connectivity index (χ3n) is 7.61. The molecule has 2 aliphatic heterocycles. The van der Waals surface area contributed by atoms with Crippen molar-refractivity contribution in [2.24, 2.45) is 11.1 Å². The summed E-state index contributed by atoms with van der Waals surface area (Å²) in [7, 11) is 0. The second-order valence-corrected chi connectivity index (χ2v) is 10.9. The molecule has 3 atom stereocenters. The zero-order chi connectivity index (χ0) is 23.9. The summed E-state index contributed by atoms with van der Waals surface area (Å²) in [4.78, 5) is 15.5. The van der Waals surface area contributed by atoms with Crippen LogP contribution in [0.25, 0.3) is 0 Å². The zero-order valence-corrected chi connectivity index (χ0v) is 21.0. The van der Waals surface area contributed by atoms with E-state index in [2.05, 4.69) is 17.0 Å². The van der Waals surface area contributed by atoms with E-state index in [1.807, 2.05) is 60.7 Å². The molecule has 34 heavy (non-hydrogen) atoms. The number of rotatable bonds is 6. The Hall–Kier alpha value is -2.04. The molecule has 1 amide bonds. The number of carbonyl (C=O) groups excluding carboxylic acids is 1. The minimum Gasteiger partial charge on any atom is -0.369 e. The summed E-state index contributed by atoms with van der Waals surface area (Å²) >= 11 is 19.5. The Bertz CT molecular complexity index is 1140. The van der Waals surface area contributed by atoms with Gasteiger partial charge in [-0.25, -0.2) is 0 Å². The molecule has 0 saturated carbocycles. The van der Waals surface area contributed by atoms with Crippen molar-refractivity contribution in [3.63, 3.8) is 0 Å². The van der Waals surface area contributed by atoms with Gasteiger partial charge in [0, 0.05) is 27.2 Å². The SMILES string of the molecule is NC(=O)C1(Cc2ccc(Cl)cc2)C[C@H]2CC[C@@H](C1)N2C(c1ccccc1Cl)c1ccccc1Cl. The maximum atomic E-state index is 12.9. The van der Waals surface area contributed by atoms with Crippen LogP contribution in [0.15, 0.2) is 72.8 Å². The van der Waals surface area contributed by atoms with E-state index >= 15 is 0 Å². The maximum absolute atomic E-state index is 12.9. The minimum atomic E-state index is -0.582. The van der Waals surface area contributed by atoms with Crippen LogP contribution in [-0.4, -0.2) is 22.9 Å². The molecule has 2 N–H and O–H groups in total. The highest BCUT2D eigenvalue weighted by Gasteiger charge is 2.53. The number of hydrogen-bond acceptors (Lipinski definition) is 2. The Morgan fingerprint density at radius 3 is 1.82 bits per heavy atom. The maximum Gasteiger partial charge on any atom is 0.224 e. The average molecular weight is 514 g/mol. The number of benzene rings is 3. The smallest absolute Gasteiger partial charge is 0.224 e.